The molecule has 108 valence electrons. The average molecular weight is 298 g/mol. The quantitative estimate of drug-likeness (QED) is 0.526. The van der Waals surface area contributed by atoms with Gasteiger partial charge in [0.2, 0.25) is 0 Å². The van der Waals surface area contributed by atoms with Crippen molar-refractivity contribution in [1.82, 2.24) is 10.3 Å². The molecule has 0 spiro atoms. The lowest BCUT2D eigenvalue weighted by Gasteiger charge is -2.23. The predicted octanol–water partition coefficient (Wildman–Crippen LogP) is 2.95. The van der Waals surface area contributed by atoms with Crippen LogP contribution in [0.1, 0.15) is 43.0 Å². The summed E-state index contributed by atoms with van der Waals surface area (Å²) in [6, 6.07) is 1.23. The van der Waals surface area contributed by atoms with Gasteiger partial charge in [-0.1, -0.05) is 31.4 Å². The Labute approximate surface area is 121 Å². The summed E-state index contributed by atoms with van der Waals surface area (Å²) in [5.74, 6) is -0.478. The van der Waals surface area contributed by atoms with E-state index in [1.807, 2.05) is 0 Å². The van der Waals surface area contributed by atoms with E-state index in [1.165, 1.54) is 6.07 Å². The van der Waals surface area contributed by atoms with E-state index < -0.39 is 10.8 Å². The highest BCUT2D eigenvalue weighted by molar-refractivity contribution is 6.29. The van der Waals surface area contributed by atoms with Gasteiger partial charge in [-0.2, -0.15) is 0 Å². The molecule has 0 radical (unpaired) electrons. The molecule has 0 aliphatic heterocycles. The number of halogens is 1. The second-order valence-electron chi connectivity index (χ2n) is 5.48. The van der Waals surface area contributed by atoms with Crippen LogP contribution in [-0.4, -0.2) is 22.4 Å². The lowest BCUT2D eigenvalue weighted by Crippen LogP contribution is -2.34. The second-order valence-corrected chi connectivity index (χ2v) is 5.87. The van der Waals surface area contributed by atoms with E-state index in [1.54, 1.807) is 0 Å². The smallest absolute Gasteiger partial charge is 0.300 e. The van der Waals surface area contributed by atoms with Crippen molar-refractivity contribution in [3.05, 3.63) is 33.1 Å². The lowest BCUT2D eigenvalue weighted by atomic mass is 9.89. The van der Waals surface area contributed by atoms with Gasteiger partial charge in [-0.15, -0.1) is 0 Å². The molecule has 0 aromatic carbocycles. The fraction of sp³-hybridized carbons (Fsp3) is 0.538. The van der Waals surface area contributed by atoms with Crippen LogP contribution in [0.5, 0.6) is 0 Å². The third kappa shape index (κ3) is 3.25. The Morgan fingerprint density at radius 3 is 2.80 bits per heavy atom. The second kappa shape index (κ2) is 5.75. The minimum Gasteiger partial charge on any atom is -0.351 e. The molecule has 1 aromatic heterocycles. The van der Waals surface area contributed by atoms with Crippen LogP contribution in [-0.2, 0) is 0 Å². The molecule has 2 rings (SSSR count). The van der Waals surface area contributed by atoms with E-state index >= 15 is 0 Å². The molecule has 7 heteroatoms. The number of nitrogens with one attached hydrogen (secondary N) is 1. The Balaban J connectivity index is 2.12. The molecule has 0 atom stereocenters. The maximum Gasteiger partial charge on any atom is 0.300 e. The number of pyridine rings is 1. The number of hydrogen-bond acceptors (Lipinski definition) is 4. The number of aromatic nitrogens is 1. The molecule has 0 unspecified atom stereocenters. The predicted molar refractivity (Wildman–Crippen MR) is 74.8 cm³/mol. The fourth-order valence-corrected chi connectivity index (χ4v) is 2.70. The maximum atomic E-state index is 12.1. The molecule has 1 aliphatic rings. The number of carbonyl (C=O) groups is 1. The molecular formula is C13H16ClN3O3. The molecule has 1 fully saturated rings. The molecule has 1 N–H and O–H groups in total. The standard InChI is InChI=1S/C13H16ClN3O3/c1-13(4-2-3-5-13)8-16-12(18)9-6-11(14)15-7-10(9)17(19)20/h6-7H,2-5,8H2,1H3,(H,16,18). The van der Waals surface area contributed by atoms with Crippen LogP contribution in [0.25, 0.3) is 0 Å². The summed E-state index contributed by atoms with van der Waals surface area (Å²) in [7, 11) is 0. The zero-order chi connectivity index (χ0) is 14.8. The third-order valence-electron chi connectivity index (χ3n) is 3.78. The molecule has 1 amide bonds. The van der Waals surface area contributed by atoms with Crippen molar-refractivity contribution in [2.75, 3.05) is 6.54 Å². The Morgan fingerprint density at radius 1 is 1.55 bits per heavy atom. The van der Waals surface area contributed by atoms with Crippen molar-refractivity contribution >= 4 is 23.2 Å². The van der Waals surface area contributed by atoms with E-state index in [2.05, 4.69) is 17.2 Å². The normalized spacial score (nSPS) is 16.9. The van der Waals surface area contributed by atoms with Gasteiger partial charge >= 0.3 is 0 Å². The van der Waals surface area contributed by atoms with Gasteiger partial charge in [0.15, 0.2) is 0 Å². The first-order valence-electron chi connectivity index (χ1n) is 6.49. The van der Waals surface area contributed by atoms with Crippen molar-refractivity contribution in [3.63, 3.8) is 0 Å². The van der Waals surface area contributed by atoms with Gasteiger partial charge in [0.05, 0.1) is 4.92 Å². The van der Waals surface area contributed by atoms with Gasteiger partial charge in [-0.05, 0) is 24.3 Å². The Bertz CT molecular complexity index is 542. The van der Waals surface area contributed by atoms with E-state index in [-0.39, 0.29) is 21.8 Å². The minimum absolute atomic E-state index is 0.0448. The van der Waals surface area contributed by atoms with E-state index in [4.69, 9.17) is 11.6 Å². The zero-order valence-electron chi connectivity index (χ0n) is 11.2. The summed E-state index contributed by atoms with van der Waals surface area (Å²) < 4.78 is 0. The largest absolute Gasteiger partial charge is 0.351 e. The first-order chi connectivity index (χ1) is 9.41. The molecule has 1 saturated carbocycles. The lowest BCUT2D eigenvalue weighted by molar-refractivity contribution is -0.385. The van der Waals surface area contributed by atoms with Crippen molar-refractivity contribution in [2.45, 2.75) is 32.6 Å². The van der Waals surface area contributed by atoms with Crippen molar-refractivity contribution in [2.24, 2.45) is 5.41 Å². The Morgan fingerprint density at radius 2 is 2.20 bits per heavy atom. The van der Waals surface area contributed by atoms with E-state index in [9.17, 15) is 14.9 Å². The zero-order valence-corrected chi connectivity index (χ0v) is 11.9. The van der Waals surface area contributed by atoms with Gasteiger partial charge < -0.3 is 5.32 Å². The molecule has 0 bridgehead atoms. The number of amides is 1. The molecule has 20 heavy (non-hydrogen) atoms. The maximum absolute atomic E-state index is 12.1. The van der Waals surface area contributed by atoms with Gasteiger partial charge in [-0.3, -0.25) is 14.9 Å². The topological polar surface area (TPSA) is 85.1 Å². The first kappa shape index (κ1) is 14.7. The van der Waals surface area contributed by atoms with Gasteiger partial charge in [0, 0.05) is 6.54 Å². The molecule has 6 nitrogen and oxygen atoms in total. The summed E-state index contributed by atoms with van der Waals surface area (Å²) in [5.41, 5.74) is -0.290. The van der Waals surface area contributed by atoms with Crippen LogP contribution >= 0.6 is 11.6 Å². The fourth-order valence-electron chi connectivity index (χ4n) is 2.54. The molecule has 1 heterocycles. The van der Waals surface area contributed by atoms with E-state index in [0.29, 0.717) is 6.54 Å². The highest BCUT2D eigenvalue weighted by Crippen LogP contribution is 2.36. The van der Waals surface area contributed by atoms with E-state index in [0.717, 1.165) is 31.9 Å². The van der Waals surface area contributed by atoms with Crippen LogP contribution in [0.2, 0.25) is 5.15 Å². The average Bonchev–Trinajstić information content (AvgIpc) is 2.83. The monoisotopic (exact) mass is 297 g/mol. The first-order valence-corrected chi connectivity index (χ1v) is 6.87. The molecule has 1 aliphatic carbocycles. The summed E-state index contributed by atoms with van der Waals surface area (Å²) >= 11 is 5.71. The molecule has 1 aromatic rings. The number of hydrogen-bond donors (Lipinski definition) is 1. The van der Waals surface area contributed by atoms with Crippen molar-refractivity contribution in [3.8, 4) is 0 Å². The summed E-state index contributed by atoms with van der Waals surface area (Å²) in [4.78, 5) is 26.0. The van der Waals surface area contributed by atoms with Crippen LogP contribution in [0, 0.1) is 15.5 Å². The van der Waals surface area contributed by atoms with Crippen LogP contribution in [0.15, 0.2) is 12.3 Å². The SMILES string of the molecule is CC1(CNC(=O)c2cc(Cl)ncc2[N+](=O)[O-])CCCC1. The van der Waals surface area contributed by atoms with Gasteiger partial charge in [-0.25, -0.2) is 4.98 Å². The Hall–Kier alpha value is -1.69. The highest BCUT2D eigenvalue weighted by Gasteiger charge is 2.30. The minimum atomic E-state index is -0.629. The molecular weight excluding hydrogens is 282 g/mol. The van der Waals surface area contributed by atoms with Crippen molar-refractivity contribution in [1.29, 1.82) is 0 Å². The number of nitro groups is 1. The number of rotatable bonds is 4. The molecule has 0 saturated heterocycles. The Kier molecular flexibility index (Phi) is 4.23. The van der Waals surface area contributed by atoms with Crippen LogP contribution in [0.3, 0.4) is 0 Å². The highest BCUT2D eigenvalue weighted by atomic mass is 35.5. The van der Waals surface area contributed by atoms with Crippen molar-refractivity contribution < 1.29 is 9.72 Å². The summed E-state index contributed by atoms with van der Waals surface area (Å²) in [6.07, 6.45) is 5.45. The van der Waals surface area contributed by atoms with Gasteiger partial charge in [0.25, 0.3) is 11.6 Å². The number of carbonyl (C=O) groups excluding carboxylic acids is 1. The third-order valence-corrected chi connectivity index (χ3v) is 3.98. The van der Waals surface area contributed by atoms with Gasteiger partial charge in [0.1, 0.15) is 16.9 Å². The number of nitrogens with zero attached hydrogens (tertiary/aromatic N) is 2. The summed E-state index contributed by atoms with van der Waals surface area (Å²) in [6.45, 7) is 2.64. The van der Waals surface area contributed by atoms with Crippen LogP contribution < -0.4 is 5.32 Å². The van der Waals surface area contributed by atoms with Crippen LogP contribution in [0.4, 0.5) is 5.69 Å². The summed E-state index contributed by atoms with van der Waals surface area (Å²) in [5, 5.41) is 13.7.